The van der Waals surface area contributed by atoms with Crippen molar-refractivity contribution in [2.24, 2.45) is 0 Å². The molecule has 0 bridgehead atoms. The van der Waals surface area contributed by atoms with Crippen LogP contribution in [-0.4, -0.2) is 90.1 Å². The van der Waals surface area contributed by atoms with E-state index in [1.807, 2.05) is 0 Å². The Labute approximate surface area is 252 Å². The van der Waals surface area contributed by atoms with Crippen molar-refractivity contribution in [2.45, 2.75) is 76.2 Å². The summed E-state index contributed by atoms with van der Waals surface area (Å²) in [6.07, 6.45) is -6.35. The van der Waals surface area contributed by atoms with Gasteiger partial charge in [0.15, 0.2) is 0 Å². The van der Waals surface area contributed by atoms with Gasteiger partial charge in [-0.1, -0.05) is 0 Å². The molecule has 14 heteroatoms. The van der Waals surface area contributed by atoms with E-state index in [0.29, 0.717) is 0 Å². The molecule has 0 saturated heterocycles. The van der Waals surface area contributed by atoms with E-state index >= 15 is 0 Å². The second-order valence-corrected chi connectivity index (χ2v) is 11.9. The van der Waals surface area contributed by atoms with Gasteiger partial charge in [-0.05, 0) is 90.1 Å². The number of esters is 2. The van der Waals surface area contributed by atoms with Crippen LogP contribution >= 0.6 is 0 Å². The van der Waals surface area contributed by atoms with Crippen molar-refractivity contribution in [1.82, 2.24) is 0 Å². The van der Waals surface area contributed by atoms with Crippen LogP contribution in [0.5, 0.6) is 0 Å². The average molecular weight is 617 g/mol. The zero-order valence-corrected chi connectivity index (χ0v) is 25.0. The Balaban J connectivity index is 2.64. The third kappa shape index (κ3) is 7.52. The van der Waals surface area contributed by atoms with E-state index in [0.717, 1.165) is 24.3 Å². The molecule has 238 valence electrons. The van der Waals surface area contributed by atoms with Crippen LogP contribution in [-0.2, 0) is 28.7 Å². The quantitative estimate of drug-likeness (QED) is 0.0836. The number of rotatable bonds is 11. The molecule has 2 aromatic rings. The Bertz CT molecular complexity index is 1340. The highest BCUT2D eigenvalue weighted by atomic mass is 16.6. The number of hydrogen-bond acceptors (Lipinski definition) is 14. The molecule has 0 spiro atoms. The first-order chi connectivity index (χ1) is 20.0. The predicted octanol–water partition coefficient (Wildman–Crippen LogP) is -0.0778. The van der Waals surface area contributed by atoms with Crippen LogP contribution in [0.3, 0.4) is 0 Å². The summed E-state index contributed by atoms with van der Waals surface area (Å²) in [4.78, 5) is 79.8. The van der Waals surface area contributed by atoms with Crippen molar-refractivity contribution in [3.05, 3.63) is 59.7 Å². The first-order valence-corrected chi connectivity index (χ1v) is 13.1. The van der Waals surface area contributed by atoms with Gasteiger partial charge in [-0.25, -0.2) is 9.59 Å². The van der Waals surface area contributed by atoms with Crippen molar-refractivity contribution in [2.75, 3.05) is 11.5 Å². The van der Waals surface area contributed by atoms with Gasteiger partial charge in [-0.2, -0.15) is 0 Å². The molecule has 2 rings (SSSR count). The average Bonchev–Trinajstić information content (AvgIpc) is 2.92. The molecule has 14 nitrogen and oxygen atoms in total. The summed E-state index contributed by atoms with van der Waals surface area (Å²) in [7, 11) is 0. The monoisotopic (exact) mass is 616 g/mol. The number of hydrogen-bond donors (Lipinski definition) is 6. The number of nitrogen functional groups attached to an aromatic ring is 2. The van der Waals surface area contributed by atoms with Gasteiger partial charge in [-0.3, -0.25) is 19.2 Å². The Kier molecular flexibility index (Phi) is 10.2. The highest BCUT2D eigenvalue weighted by Crippen LogP contribution is 2.27. The van der Waals surface area contributed by atoms with E-state index in [9.17, 15) is 49.2 Å². The molecule has 0 radical (unpaired) electrons. The van der Waals surface area contributed by atoms with Crippen LogP contribution in [0, 0.1) is 0 Å². The summed E-state index contributed by atoms with van der Waals surface area (Å²) in [5.41, 5.74) is 0.0936. The molecule has 2 aromatic carbocycles. The lowest BCUT2D eigenvalue weighted by Gasteiger charge is -2.32. The van der Waals surface area contributed by atoms with Crippen LogP contribution in [0.4, 0.5) is 11.4 Å². The van der Waals surface area contributed by atoms with Crippen LogP contribution in [0.1, 0.15) is 62.3 Å². The maximum absolute atomic E-state index is 13.5. The van der Waals surface area contributed by atoms with Gasteiger partial charge in [0.05, 0.1) is 0 Å². The molecular formula is C30H36N2O12. The molecule has 44 heavy (non-hydrogen) atoms. The smallest absolute Gasteiger partial charge is 0.355 e. The zero-order chi connectivity index (χ0) is 34.0. The van der Waals surface area contributed by atoms with Gasteiger partial charge < -0.3 is 41.4 Å². The van der Waals surface area contributed by atoms with Gasteiger partial charge >= 0.3 is 11.9 Å². The fourth-order valence-corrected chi connectivity index (χ4v) is 3.72. The Morgan fingerprint density at radius 3 is 1.05 bits per heavy atom. The Hall–Kier alpha value is -4.50. The SMILES string of the molecule is CC(C)(C)OC(=O)C(O)(C(=O)c1ccc(N)cc1)C(=O)C(O)C(O)C(=O)C(O)(C(=O)OC(C)(C)C)C(=O)c1ccc(N)cc1. The highest BCUT2D eigenvalue weighted by Gasteiger charge is 2.61. The summed E-state index contributed by atoms with van der Waals surface area (Å²) in [5.74, 6) is -11.3. The number of anilines is 2. The molecule has 0 aliphatic rings. The number of nitrogens with two attached hydrogens (primary N) is 2. The number of aliphatic hydroxyl groups excluding tert-OH is 2. The molecule has 0 saturated carbocycles. The largest absolute Gasteiger partial charge is 0.457 e. The fourth-order valence-electron chi connectivity index (χ4n) is 3.72. The van der Waals surface area contributed by atoms with E-state index in [2.05, 4.69) is 0 Å². The van der Waals surface area contributed by atoms with Crippen molar-refractivity contribution in [3.63, 3.8) is 0 Å². The van der Waals surface area contributed by atoms with E-state index < -0.39 is 80.8 Å². The summed E-state index contributed by atoms with van der Waals surface area (Å²) in [6, 6.07) is 8.97. The molecule has 0 aliphatic heterocycles. The van der Waals surface area contributed by atoms with Crippen molar-refractivity contribution < 1.29 is 58.7 Å². The first kappa shape index (κ1) is 35.7. The van der Waals surface area contributed by atoms with E-state index in [1.165, 1.54) is 65.8 Å². The summed E-state index contributed by atoms with van der Waals surface area (Å²) in [5, 5.41) is 44.1. The topological polar surface area (TPSA) is 254 Å². The van der Waals surface area contributed by atoms with Crippen molar-refractivity contribution in [1.29, 1.82) is 0 Å². The first-order valence-electron chi connectivity index (χ1n) is 13.1. The number of ether oxygens (including phenoxy) is 2. The lowest BCUT2D eigenvalue weighted by molar-refractivity contribution is -0.184. The number of ketones is 4. The Morgan fingerprint density at radius 1 is 0.568 bits per heavy atom. The molecule has 8 N–H and O–H groups in total. The van der Waals surface area contributed by atoms with Gasteiger partial charge in [0.1, 0.15) is 23.4 Å². The van der Waals surface area contributed by atoms with Gasteiger partial charge in [0.2, 0.25) is 23.1 Å². The number of carbonyl (C=O) groups excluding carboxylic acids is 6. The van der Waals surface area contributed by atoms with Crippen LogP contribution in [0.2, 0.25) is 0 Å². The zero-order valence-electron chi connectivity index (χ0n) is 25.0. The molecule has 0 aromatic heterocycles. The van der Waals surface area contributed by atoms with Crippen molar-refractivity contribution in [3.8, 4) is 0 Å². The second kappa shape index (κ2) is 12.6. The molecular weight excluding hydrogens is 580 g/mol. The summed E-state index contributed by atoms with van der Waals surface area (Å²) in [6.45, 7) is 8.01. The Morgan fingerprint density at radius 2 is 0.818 bits per heavy atom. The third-order valence-corrected chi connectivity index (χ3v) is 5.94. The number of benzene rings is 2. The minimum atomic E-state index is -3.87. The lowest BCUT2D eigenvalue weighted by atomic mass is 9.80. The molecule has 4 atom stereocenters. The summed E-state index contributed by atoms with van der Waals surface area (Å²) < 4.78 is 10.1. The number of aliphatic hydroxyl groups is 4. The van der Waals surface area contributed by atoms with Crippen LogP contribution < -0.4 is 11.5 Å². The van der Waals surface area contributed by atoms with E-state index in [-0.39, 0.29) is 11.4 Å². The molecule has 4 unspecified atom stereocenters. The highest BCUT2D eigenvalue weighted by molar-refractivity contribution is 6.34. The van der Waals surface area contributed by atoms with E-state index in [4.69, 9.17) is 20.9 Å². The normalized spacial score (nSPS) is 16.0. The van der Waals surface area contributed by atoms with Gasteiger partial charge in [-0.15, -0.1) is 0 Å². The minimum Gasteiger partial charge on any atom is -0.457 e. The predicted molar refractivity (Wildman–Crippen MR) is 154 cm³/mol. The standard InChI is InChI=1S/C30H36N2O12/c1-27(2,3)43-25(39)29(41,21(35)15-7-11-17(31)12-8-15)23(37)19(33)20(34)24(38)30(42,26(40)44-28(4,5)6)22(36)16-9-13-18(32)14-10-16/h7-14,19-20,33-34,41-42H,31-32H2,1-6H3. The fraction of sp³-hybridized carbons (Fsp3) is 0.400. The minimum absolute atomic E-state index is 0.168. The maximum Gasteiger partial charge on any atom is 0.355 e. The van der Waals surface area contributed by atoms with Gasteiger partial charge in [0.25, 0.3) is 11.2 Å². The lowest BCUT2D eigenvalue weighted by Crippen LogP contribution is -2.65. The molecule has 0 fully saturated rings. The van der Waals surface area contributed by atoms with Crippen LogP contribution in [0.15, 0.2) is 48.5 Å². The third-order valence-electron chi connectivity index (χ3n) is 5.94. The van der Waals surface area contributed by atoms with E-state index in [1.54, 1.807) is 0 Å². The van der Waals surface area contributed by atoms with Crippen LogP contribution in [0.25, 0.3) is 0 Å². The van der Waals surface area contributed by atoms with Crippen molar-refractivity contribution >= 4 is 46.4 Å². The van der Waals surface area contributed by atoms with Gasteiger partial charge in [0, 0.05) is 22.5 Å². The maximum atomic E-state index is 13.5. The second-order valence-electron chi connectivity index (χ2n) is 11.9. The summed E-state index contributed by atoms with van der Waals surface area (Å²) >= 11 is 0. The number of carbonyl (C=O) groups is 6. The molecule has 0 aliphatic carbocycles. The molecule has 0 heterocycles. The number of Topliss-reactive ketones (excluding diaryl/α,β-unsaturated/α-hetero) is 4. The molecule has 0 amide bonds.